The number of aromatic nitrogens is 4. The number of carbonyl (C=O) groups excluding carboxylic acids is 1. The zero-order valence-corrected chi connectivity index (χ0v) is 20.2. The molecule has 0 unspecified atom stereocenters. The minimum absolute atomic E-state index is 0.0912. The third-order valence-electron chi connectivity index (χ3n) is 7.08. The van der Waals surface area contributed by atoms with Crippen molar-refractivity contribution in [3.63, 3.8) is 0 Å². The average Bonchev–Trinajstić information content (AvgIpc) is 3.61. The number of hydrogen-bond donors (Lipinski definition) is 3. The number of fused-ring (bicyclic) bond motifs is 2. The Morgan fingerprint density at radius 2 is 1.89 bits per heavy atom. The molecule has 1 aliphatic carbocycles. The molecule has 3 N–H and O–H groups in total. The highest BCUT2D eigenvalue weighted by molar-refractivity contribution is 7.13. The fourth-order valence-corrected chi connectivity index (χ4v) is 5.68. The summed E-state index contributed by atoms with van der Waals surface area (Å²) >= 11 is 1.74. The van der Waals surface area contributed by atoms with E-state index in [2.05, 4.69) is 79.4 Å². The second kappa shape index (κ2) is 8.46. The molecule has 4 aromatic heterocycles. The third kappa shape index (κ3) is 3.60. The first kappa shape index (κ1) is 21.1. The zero-order valence-electron chi connectivity index (χ0n) is 19.4. The van der Waals surface area contributed by atoms with Crippen LogP contribution in [-0.2, 0) is 4.79 Å². The van der Waals surface area contributed by atoms with Crippen molar-refractivity contribution in [1.29, 1.82) is 0 Å². The van der Waals surface area contributed by atoms with Crippen LogP contribution < -0.4 is 5.32 Å². The maximum atomic E-state index is 12.4. The second-order valence-corrected chi connectivity index (χ2v) is 10.3. The maximum absolute atomic E-state index is 12.4. The number of benzene rings is 2. The van der Waals surface area contributed by atoms with Crippen LogP contribution in [-0.4, -0.2) is 26.1 Å². The molecule has 0 spiro atoms. The number of hydrogen-bond acceptors (Lipinski definition) is 4. The van der Waals surface area contributed by atoms with Gasteiger partial charge in [-0.2, -0.15) is 5.10 Å². The van der Waals surface area contributed by atoms with Gasteiger partial charge < -0.3 is 10.3 Å². The largest absolute Gasteiger partial charge is 0.353 e. The molecule has 0 aliphatic heterocycles. The van der Waals surface area contributed by atoms with Gasteiger partial charge >= 0.3 is 0 Å². The molecule has 6 aromatic rings. The summed E-state index contributed by atoms with van der Waals surface area (Å²) in [4.78, 5) is 21.6. The lowest BCUT2D eigenvalue weighted by Crippen LogP contribution is -2.28. The molecular weight excluding hydrogens is 466 g/mol. The molecule has 0 atom stereocenters. The van der Waals surface area contributed by atoms with Crippen LogP contribution in [0.25, 0.3) is 54.8 Å². The lowest BCUT2D eigenvalue weighted by molar-refractivity contribution is -0.122. The quantitative estimate of drug-likeness (QED) is 0.239. The van der Waals surface area contributed by atoms with Crippen LogP contribution in [0.2, 0.25) is 0 Å². The average molecular weight is 490 g/mol. The van der Waals surface area contributed by atoms with Gasteiger partial charge in [0.15, 0.2) is 0 Å². The maximum Gasteiger partial charge on any atom is 0.227 e. The Bertz CT molecular complexity index is 1730. The molecule has 1 amide bonds. The Kier molecular flexibility index (Phi) is 4.96. The SMILES string of the molecule is O=C(Nc1cncc(-c2ccc3[nH]nc(-c4cc5c(-c6cccs6)cccc5[nH]4)c3c2)c1)C1CCC1. The van der Waals surface area contributed by atoms with Crippen molar-refractivity contribution < 1.29 is 4.79 Å². The van der Waals surface area contributed by atoms with Gasteiger partial charge in [-0.15, -0.1) is 11.3 Å². The molecule has 176 valence electrons. The molecular formula is C29H23N5OS. The lowest BCUT2D eigenvalue weighted by Gasteiger charge is -2.24. The summed E-state index contributed by atoms with van der Waals surface area (Å²) in [5, 5.41) is 15.2. The van der Waals surface area contributed by atoms with Crippen molar-refractivity contribution in [3.8, 4) is 33.0 Å². The van der Waals surface area contributed by atoms with E-state index in [1.54, 1.807) is 17.5 Å². The van der Waals surface area contributed by atoms with E-state index < -0.39 is 0 Å². The summed E-state index contributed by atoms with van der Waals surface area (Å²) in [5.74, 6) is 0.226. The van der Waals surface area contributed by atoms with E-state index in [1.165, 1.54) is 15.8 Å². The van der Waals surface area contributed by atoms with Gasteiger partial charge in [-0.25, -0.2) is 0 Å². The first-order valence-corrected chi connectivity index (χ1v) is 13.0. The molecule has 0 bridgehead atoms. The van der Waals surface area contributed by atoms with Crippen molar-refractivity contribution in [2.75, 3.05) is 5.32 Å². The molecule has 1 aliphatic rings. The van der Waals surface area contributed by atoms with Crippen LogP contribution in [0.1, 0.15) is 19.3 Å². The van der Waals surface area contributed by atoms with Gasteiger partial charge in [0.2, 0.25) is 5.91 Å². The van der Waals surface area contributed by atoms with Gasteiger partial charge in [-0.1, -0.05) is 30.7 Å². The summed E-state index contributed by atoms with van der Waals surface area (Å²) < 4.78 is 0. The van der Waals surface area contributed by atoms with Crippen molar-refractivity contribution in [1.82, 2.24) is 20.2 Å². The molecule has 0 saturated heterocycles. The highest BCUT2D eigenvalue weighted by Gasteiger charge is 2.25. The van der Waals surface area contributed by atoms with Gasteiger partial charge in [-0.05, 0) is 60.2 Å². The number of nitrogens with one attached hydrogen (secondary N) is 3. The van der Waals surface area contributed by atoms with Crippen molar-refractivity contribution in [2.45, 2.75) is 19.3 Å². The Morgan fingerprint density at radius 3 is 2.72 bits per heavy atom. The summed E-state index contributed by atoms with van der Waals surface area (Å²) in [6, 6.07) is 21.0. The highest BCUT2D eigenvalue weighted by atomic mass is 32.1. The van der Waals surface area contributed by atoms with Gasteiger partial charge in [0.25, 0.3) is 0 Å². The van der Waals surface area contributed by atoms with E-state index in [0.29, 0.717) is 0 Å². The topological polar surface area (TPSA) is 86.5 Å². The number of nitrogens with zero attached hydrogens (tertiary/aromatic N) is 2. The second-order valence-electron chi connectivity index (χ2n) is 9.34. The number of H-pyrrole nitrogens is 2. The Balaban J connectivity index is 1.26. The van der Waals surface area contributed by atoms with Crippen LogP contribution in [0, 0.1) is 5.92 Å². The Morgan fingerprint density at radius 1 is 0.944 bits per heavy atom. The van der Waals surface area contributed by atoms with Crippen LogP contribution in [0.4, 0.5) is 5.69 Å². The van der Waals surface area contributed by atoms with Crippen LogP contribution in [0.15, 0.2) is 78.4 Å². The first-order valence-electron chi connectivity index (χ1n) is 12.1. The van der Waals surface area contributed by atoms with E-state index in [4.69, 9.17) is 0 Å². The normalized spacial score (nSPS) is 13.8. The summed E-state index contributed by atoms with van der Waals surface area (Å²) in [6.45, 7) is 0. The Hall–Kier alpha value is -4.23. The highest BCUT2D eigenvalue weighted by Crippen LogP contribution is 2.36. The van der Waals surface area contributed by atoms with E-state index >= 15 is 0 Å². The smallest absolute Gasteiger partial charge is 0.227 e. The van der Waals surface area contributed by atoms with Gasteiger partial charge in [0.05, 0.1) is 23.1 Å². The van der Waals surface area contributed by atoms with Gasteiger partial charge in [0, 0.05) is 44.4 Å². The first-order chi connectivity index (χ1) is 17.7. The molecule has 36 heavy (non-hydrogen) atoms. The molecule has 7 heteroatoms. The number of thiophene rings is 1. The predicted molar refractivity (Wildman–Crippen MR) is 146 cm³/mol. The minimum Gasteiger partial charge on any atom is -0.353 e. The fraction of sp³-hybridized carbons (Fsp3) is 0.138. The molecule has 4 heterocycles. The van der Waals surface area contributed by atoms with Crippen LogP contribution >= 0.6 is 11.3 Å². The lowest BCUT2D eigenvalue weighted by atomic mass is 9.85. The van der Waals surface area contributed by atoms with Crippen molar-refractivity contribution in [3.05, 3.63) is 78.4 Å². The predicted octanol–water partition coefficient (Wildman–Crippen LogP) is 7.24. The van der Waals surface area contributed by atoms with Crippen LogP contribution in [0.3, 0.4) is 0 Å². The molecule has 1 fully saturated rings. The Labute approximate surface area is 211 Å². The number of rotatable bonds is 5. The van der Waals surface area contributed by atoms with Gasteiger partial charge in [-0.3, -0.25) is 14.9 Å². The minimum atomic E-state index is 0.0912. The number of carbonyl (C=O) groups is 1. The number of aromatic amines is 2. The van der Waals surface area contributed by atoms with Crippen molar-refractivity contribution >= 4 is 44.7 Å². The fourth-order valence-electron chi connectivity index (χ4n) is 4.91. The standard InChI is InChI=1S/C29H23N5OS/c35-29(17-4-1-5-17)31-20-12-19(15-30-16-20)18-9-10-25-23(13-18)28(34-33-25)26-14-22-21(27-8-3-11-36-27)6-2-7-24(22)32-26/h2-3,6-17,32H,1,4-5H2,(H,31,35)(H,33,34). The number of pyridine rings is 1. The van der Waals surface area contributed by atoms with E-state index in [9.17, 15) is 4.79 Å². The van der Waals surface area contributed by atoms with E-state index in [1.807, 2.05) is 18.3 Å². The molecule has 0 radical (unpaired) electrons. The summed E-state index contributed by atoms with van der Waals surface area (Å²) in [7, 11) is 0. The van der Waals surface area contributed by atoms with Crippen LogP contribution in [0.5, 0.6) is 0 Å². The number of anilines is 1. The van der Waals surface area contributed by atoms with Gasteiger partial charge in [0.1, 0.15) is 5.69 Å². The summed E-state index contributed by atoms with van der Waals surface area (Å²) in [6.07, 6.45) is 6.62. The third-order valence-corrected chi connectivity index (χ3v) is 7.99. The number of amides is 1. The molecule has 6 nitrogen and oxygen atoms in total. The zero-order chi connectivity index (χ0) is 24.1. The monoisotopic (exact) mass is 489 g/mol. The molecule has 2 aromatic carbocycles. The summed E-state index contributed by atoms with van der Waals surface area (Å²) in [5.41, 5.74) is 7.82. The molecule has 7 rings (SSSR count). The van der Waals surface area contributed by atoms with Crippen molar-refractivity contribution in [2.24, 2.45) is 5.92 Å². The molecule has 1 saturated carbocycles. The van der Waals surface area contributed by atoms with E-state index in [0.717, 1.165) is 63.9 Å². The van der Waals surface area contributed by atoms with E-state index in [-0.39, 0.29) is 11.8 Å².